The lowest BCUT2D eigenvalue weighted by molar-refractivity contribution is -0.125. The Morgan fingerprint density at radius 3 is 2.94 bits per heavy atom. The highest BCUT2D eigenvalue weighted by molar-refractivity contribution is 5.78. The molecule has 1 aromatic rings. The zero-order valence-electron chi connectivity index (χ0n) is 8.98. The van der Waals surface area contributed by atoms with Gasteiger partial charge in [-0.25, -0.2) is 4.39 Å². The second-order valence-corrected chi connectivity index (χ2v) is 3.47. The van der Waals surface area contributed by atoms with Crippen LogP contribution < -0.4 is 11.1 Å². The SMILES string of the molecule is N#Cc1ccc(F)c(CNCC(O)C(N)=O)c1. The lowest BCUT2D eigenvalue weighted by atomic mass is 10.1. The maximum Gasteiger partial charge on any atom is 0.247 e. The number of aliphatic hydroxyl groups excluding tert-OH is 1. The largest absolute Gasteiger partial charge is 0.382 e. The van der Waals surface area contributed by atoms with Gasteiger partial charge in [-0.2, -0.15) is 5.26 Å². The predicted molar refractivity (Wildman–Crippen MR) is 58.0 cm³/mol. The van der Waals surface area contributed by atoms with Crippen LogP contribution in [0.15, 0.2) is 18.2 Å². The predicted octanol–water partition coefficient (Wildman–Crippen LogP) is -0.367. The minimum atomic E-state index is -1.31. The van der Waals surface area contributed by atoms with Crippen molar-refractivity contribution in [3.05, 3.63) is 35.1 Å². The van der Waals surface area contributed by atoms with Crippen molar-refractivity contribution in [3.8, 4) is 6.07 Å². The van der Waals surface area contributed by atoms with Gasteiger partial charge >= 0.3 is 0 Å². The minimum absolute atomic E-state index is 0.0639. The molecule has 1 aromatic carbocycles. The molecule has 1 rings (SSSR count). The van der Waals surface area contributed by atoms with Crippen molar-refractivity contribution in [2.24, 2.45) is 5.73 Å². The smallest absolute Gasteiger partial charge is 0.247 e. The van der Waals surface area contributed by atoms with Gasteiger partial charge in [0.05, 0.1) is 11.6 Å². The van der Waals surface area contributed by atoms with Crippen molar-refractivity contribution >= 4 is 5.91 Å². The lowest BCUT2D eigenvalue weighted by Crippen LogP contribution is -2.37. The number of nitrogens with zero attached hydrogens (tertiary/aromatic N) is 1. The number of carbonyl (C=O) groups is 1. The molecule has 0 radical (unpaired) electrons. The molecule has 5 nitrogen and oxygen atoms in total. The van der Waals surface area contributed by atoms with Crippen LogP contribution in [-0.4, -0.2) is 23.7 Å². The number of benzene rings is 1. The summed E-state index contributed by atoms with van der Waals surface area (Å²) in [5.41, 5.74) is 5.48. The second-order valence-electron chi connectivity index (χ2n) is 3.47. The molecule has 0 saturated heterocycles. The third-order valence-electron chi connectivity index (χ3n) is 2.16. The first-order valence-corrected chi connectivity index (χ1v) is 4.91. The van der Waals surface area contributed by atoms with Gasteiger partial charge in [-0.1, -0.05) is 0 Å². The molecular weight excluding hydrogens is 225 g/mol. The van der Waals surface area contributed by atoms with Crippen LogP contribution in [0.5, 0.6) is 0 Å². The number of nitrogens with two attached hydrogens (primary N) is 1. The number of nitriles is 1. The van der Waals surface area contributed by atoms with E-state index in [0.717, 1.165) is 0 Å². The van der Waals surface area contributed by atoms with Gasteiger partial charge in [-0.15, -0.1) is 0 Å². The molecule has 0 fully saturated rings. The molecule has 1 unspecified atom stereocenters. The minimum Gasteiger partial charge on any atom is -0.382 e. The Morgan fingerprint density at radius 1 is 1.65 bits per heavy atom. The highest BCUT2D eigenvalue weighted by Gasteiger charge is 2.10. The monoisotopic (exact) mass is 237 g/mol. The van der Waals surface area contributed by atoms with Crippen LogP contribution in [0.3, 0.4) is 0 Å². The fourth-order valence-corrected chi connectivity index (χ4v) is 1.22. The molecule has 17 heavy (non-hydrogen) atoms. The molecular formula is C11H12FN3O2. The molecule has 1 amide bonds. The first-order chi connectivity index (χ1) is 8.04. The summed E-state index contributed by atoms with van der Waals surface area (Å²) in [7, 11) is 0. The van der Waals surface area contributed by atoms with E-state index in [9.17, 15) is 9.18 Å². The van der Waals surface area contributed by atoms with Crippen molar-refractivity contribution in [2.75, 3.05) is 6.54 Å². The highest BCUT2D eigenvalue weighted by Crippen LogP contribution is 2.09. The third-order valence-corrected chi connectivity index (χ3v) is 2.16. The van der Waals surface area contributed by atoms with Crippen molar-refractivity contribution < 1.29 is 14.3 Å². The molecule has 0 heterocycles. The number of nitrogens with one attached hydrogen (secondary N) is 1. The van der Waals surface area contributed by atoms with Crippen LogP contribution in [-0.2, 0) is 11.3 Å². The molecule has 0 bridgehead atoms. The Hall–Kier alpha value is -1.97. The van der Waals surface area contributed by atoms with E-state index in [1.54, 1.807) is 0 Å². The summed E-state index contributed by atoms with van der Waals surface area (Å²) < 4.78 is 13.3. The van der Waals surface area contributed by atoms with Crippen LogP contribution in [0.4, 0.5) is 4.39 Å². The first-order valence-electron chi connectivity index (χ1n) is 4.91. The van der Waals surface area contributed by atoms with Crippen LogP contribution in [0, 0.1) is 17.1 Å². The molecule has 0 spiro atoms. The molecule has 1 atom stereocenters. The summed E-state index contributed by atoms with van der Waals surface area (Å²) in [4.78, 5) is 10.5. The van der Waals surface area contributed by atoms with Crippen molar-refractivity contribution in [1.29, 1.82) is 5.26 Å². The Morgan fingerprint density at radius 2 is 2.35 bits per heavy atom. The summed E-state index contributed by atoms with van der Waals surface area (Å²) in [6.45, 7) is 0.0389. The van der Waals surface area contributed by atoms with E-state index < -0.39 is 17.8 Å². The molecule has 0 aliphatic carbocycles. The fraction of sp³-hybridized carbons (Fsp3) is 0.273. The van der Waals surface area contributed by atoms with Gasteiger partial charge in [-0.3, -0.25) is 4.79 Å². The second kappa shape index (κ2) is 5.94. The number of amides is 1. The Balaban J connectivity index is 2.58. The quantitative estimate of drug-likeness (QED) is 0.650. The topological polar surface area (TPSA) is 99.1 Å². The number of hydrogen-bond donors (Lipinski definition) is 3. The van der Waals surface area contributed by atoms with Crippen LogP contribution in [0.2, 0.25) is 0 Å². The molecule has 0 saturated carbocycles. The molecule has 0 aromatic heterocycles. The zero-order chi connectivity index (χ0) is 12.8. The molecule has 4 N–H and O–H groups in total. The van der Waals surface area contributed by atoms with Gasteiger partial charge in [0.2, 0.25) is 5.91 Å². The Labute approximate surface area is 97.7 Å². The summed E-state index contributed by atoms with van der Waals surface area (Å²) in [6.07, 6.45) is -1.31. The van der Waals surface area contributed by atoms with E-state index in [-0.39, 0.29) is 13.1 Å². The van der Waals surface area contributed by atoms with Gasteiger partial charge < -0.3 is 16.2 Å². The number of rotatable bonds is 5. The molecule has 0 aliphatic rings. The normalized spacial score (nSPS) is 11.8. The van der Waals surface area contributed by atoms with Crippen LogP contribution in [0.25, 0.3) is 0 Å². The van der Waals surface area contributed by atoms with E-state index in [1.807, 2.05) is 6.07 Å². The maximum absolute atomic E-state index is 13.3. The van der Waals surface area contributed by atoms with E-state index >= 15 is 0 Å². The average molecular weight is 237 g/mol. The van der Waals surface area contributed by atoms with E-state index in [1.165, 1.54) is 18.2 Å². The van der Waals surface area contributed by atoms with Gasteiger partial charge in [0, 0.05) is 18.7 Å². The van der Waals surface area contributed by atoms with E-state index in [4.69, 9.17) is 16.1 Å². The van der Waals surface area contributed by atoms with Crippen molar-refractivity contribution in [1.82, 2.24) is 5.32 Å². The molecule has 0 aliphatic heterocycles. The van der Waals surface area contributed by atoms with Gasteiger partial charge in [-0.05, 0) is 18.2 Å². The van der Waals surface area contributed by atoms with Crippen molar-refractivity contribution in [2.45, 2.75) is 12.6 Å². The maximum atomic E-state index is 13.3. The van der Waals surface area contributed by atoms with Gasteiger partial charge in [0.25, 0.3) is 0 Å². The van der Waals surface area contributed by atoms with E-state index in [0.29, 0.717) is 11.1 Å². The van der Waals surface area contributed by atoms with E-state index in [2.05, 4.69) is 5.32 Å². The fourth-order valence-electron chi connectivity index (χ4n) is 1.22. The lowest BCUT2D eigenvalue weighted by Gasteiger charge is -2.09. The number of primary amides is 1. The Bertz CT molecular complexity index is 457. The zero-order valence-corrected chi connectivity index (χ0v) is 8.98. The third kappa shape index (κ3) is 3.83. The summed E-state index contributed by atoms with van der Waals surface area (Å²) in [5, 5.41) is 20.4. The first kappa shape index (κ1) is 13.1. The number of halogens is 1. The van der Waals surface area contributed by atoms with Gasteiger partial charge in [0.15, 0.2) is 0 Å². The summed E-state index contributed by atoms with van der Waals surface area (Å²) in [6, 6.07) is 5.86. The Kier molecular flexibility index (Phi) is 4.57. The molecule has 6 heteroatoms. The van der Waals surface area contributed by atoms with Crippen molar-refractivity contribution in [3.63, 3.8) is 0 Å². The molecule has 90 valence electrons. The number of carbonyl (C=O) groups excluding carboxylic acids is 1. The summed E-state index contributed by atoms with van der Waals surface area (Å²) >= 11 is 0. The number of aliphatic hydroxyl groups is 1. The number of hydrogen-bond acceptors (Lipinski definition) is 4. The van der Waals surface area contributed by atoms with Gasteiger partial charge in [0.1, 0.15) is 11.9 Å². The van der Waals surface area contributed by atoms with Crippen LogP contribution in [0.1, 0.15) is 11.1 Å². The summed E-state index contributed by atoms with van der Waals surface area (Å²) in [5.74, 6) is -1.30. The van der Waals surface area contributed by atoms with Crippen LogP contribution >= 0.6 is 0 Å². The average Bonchev–Trinajstić information content (AvgIpc) is 2.31. The highest BCUT2D eigenvalue weighted by atomic mass is 19.1. The standard InChI is InChI=1S/C11H12FN3O2/c12-9-2-1-7(4-13)3-8(9)5-15-6-10(16)11(14)17/h1-3,10,15-16H,5-6H2,(H2,14,17).